The van der Waals surface area contributed by atoms with Gasteiger partial charge in [-0.3, -0.25) is 9.59 Å². The quantitative estimate of drug-likeness (QED) is 0.511. The molecular formula is C16H19NO3. The standard InChI is InChI=1S/C16H19NO3/c17-15-12-6-3-7-13(18)11(12)8-9-14(15)20-16(19)10-4-1-2-5-10/h8-10H,1-7,17H2. The highest BCUT2D eigenvalue weighted by Crippen LogP contribution is 2.34. The van der Waals surface area contributed by atoms with Gasteiger partial charge in [0.25, 0.3) is 0 Å². The predicted octanol–water partition coefficient (Wildman–Crippen LogP) is 2.88. The highest BCUT2D eigenvalue weighted by molar-refractivity contribution is 6.00. The fourth-order valence-corrected chi connectivity index (χ4v) is 3.18. The van der Waals surface area contributed by atoms with Gasteiger partial charge in [0, 0.05) is 12.0 Å². The summed E-state index contributed by atoms with van der Waals surface area (Å²) in [7, 11) is 0. The van der Waals surface area contributed by atoms with Crippen LogP contribution in [0, 0.1) is 5.92 Å². The molecule has 0 saturated heterocycles. The van der Waals surface area contributed by atoms with Gasteiger partial charge < -0.3 is 10.5 Å². The summed E-state index contributed by atoms with van der Waals surface area (Å²) < 4.78 is 5.46. The SMILES string of the molecule is Nc1c(OC(=O)C2CCCC2)ccc2c1CCCC2=O. The van der Waals surface area contributed by atoms with Crippen LogP contribution in [-0.2, 0) is 11.2 Å². The highest BCUT2D eigenvalue weighted by Gasteiger charge is 2.27. The molecule has 1 saturated carbocycles. The van der Waals surface area contributed by atoms with Gasteiger partial charge in [0.1, 0.15) is 0 Å². The molecule has 2 aliphatic rings. The van der Waals surface area contributed by atoms with E-state index in [2.05, 4.69) is 0 Å². The third-order valence-electron chi connectivity index (χ3n) is 4.35. The Morgan fingerprint density at radius 2 is 1.90 bits per heavy atom. The maximum Gasteiger partial charge on any atom is 0.314 e. The monoisotopic (exact) mass is 273 g/mol. The van der Waals surface area contributed by atoms with Crippen molar-refractivity contribution >= 4 is 17.4 Å². The molecule has 2 aliphatic carbocycles. The normalized spacial score (nSPS) is 18.9. The van der Waals surface area contributed by atoms with Crippen molar-refractivity contribution < 1.29 is 14.3 Å². The fourth-order valence-electron chi connectivity index (χ4n) is 3.18. The van der Waals surface area contributed by atoms with Gasteiger partial charge in [0.05, 0.1) is 11.6 Å². The Bertz CT molecular complexity index is 559. The first-order chi connectivity index (χ1) is 9.66. The lowest BCUT2D eigenvalue weighted by Gasteiger charge is -2.19. The number of Topliss-reactive ketones (excluding diaryl/α,β-unsaturated/α-hetero) is 1. The number of rotatable bonds is 2. The number of esters is 1. The lowest BCUT2D eigenvalue weighted by atomic mass is 9.89. The minimum atomic E-state index is -0.184. The smallest absolute Gasteiger partial charge is 0.314 e. The number of carbonyl (C=O) groups is 2. The second-order valence-corrected chi connectivity index (χ2v) is 5.68. The molecule has 106 valence electrons. The van der Waals surface area contributed by atoms with E-state index in [9.17, 15) is 9.59 Å². The summed E-state index contributed by atoms with van der Waals surface area (Å²) in [6.07, 6.45) is 6.16. The van der Waals surface area contributed by atoms with Crippen molar-refractivity contribution in [3.8, 4) is 5.75 Å². The van der Waals surface area contributed by atoms with Gasteiger partial charge in [-0.15, -0.1) is 0 Å². The van der Waals surface area contributed by atoms with E-state index in [1.807, 2.05) is 0 Å². The largest absolute Gasteiger partial charge is 0.424 e. The van der Waals surface area contributed by atoms with Crippen LogP contribution in [0.5, 0.6) is 5.75 Å². The molecule has 0 aliphatic heterocycles. The Hall–Kier alpha value is -1.84. The van der Waals surface area contributed by atoms with Crippen molar-refractivity contribution in [1.29, 1.82) is 0 Å². The van der Waals surface area contributed by atoms with Crippen LogP contribution in [0.1, 0.15) is 54.4 Å². The lowest BCUT2D eigenvalue weighted by Crippen LogP contribution is -2.20. The van der Waals surface area contributed by atoms with E-state index in [4.69, 9.17) is 10.5 Å². The molecule has 2 N–H and O–H groups in total. The molecule has 1 fully saturated rings. The average Bonchev–Trinajstić information content (AvgIpc) is 2.97. The van der Waals surface area contributed by atoms with Gasteiger partial charge in [-0.2, -0.15) is 0 Å². The van der Waals surface area contributed by atoms with Crippen molar-refractivity contribution in [2.75, 3.05) is 5.73 Å². The lowest BCUT2D eigenvalue weighted by molar-refractivity contribution is -0.138. The minimum absolute atomic E-state index is 0.00654. The zero-order valence-corrected chi connectivity index (χ0v) is 11.5. The van der Waals surface area contributed by atoms with Crippen LogP contribution < -0.4 is 10.5 Å². The van der Waals surface area contributed by atoms with Gasteiger partial charge in [-0.1, -0.05) is 12.8 Å². The van der Waals surface area contributed by atoms with Crippen LogP contribution in [0.2, 0.25) is 0 Å². The van der Waals surface area contributed by atoms with E-state index < -0.39 is 0 Å². The molecule has 3 rings (SSSR count). The van der Waals surface area contributed by atoms with Gasteiger partial charge >= 0.3 is 5.97 Å². The van der Waals surface area contributed by atoms with E-state index >= 15 is 0 Å². The summed E-state index contributed by atoms with van der Waals surface area (Å²) in [4.78, 5) is 23.9. The van der Waals surface area contributed by atoms with Crippen LogP contribution >= 0.6 is 0 Å². The van der Waals surface area contributed by atoms with Gasteiger partial charge in [0.2, 0.25) is 0 Å². The summed E-state index contributed by atoms with van der Waals surface area (Å²) >= 11 is 0. The van der Waals surface area contributed by atoms with Gasteiger partial charge in [-0.25, -0.2) is 0 Å². The number of ketones is 1. The Morgan fingerprint density at radius 1 is 1.15 bits per heavy atom. The van der Waals surface area contributed by atoms with Crippen LogP contribution in [-0.4, -0.2) is 11.8 Å². The van der Waals surface area contributed by atoms with E-state index in [-0.39, 0.29) is 17.7 Å². The molecule has 1 aromatic carbocycles. The topological polar surface area (TPSA) is 69.4 Å². The second kappa shape index (κ2) is 5.27. The maximum absolute atomic E-state index is 12.1. The van der Waals surface area contributed by atoms with E-state index in [0.717, 1.165) is 44.1 Å². The van der Waals surface area contributed by atoms with Crippen LogP contribution in [0.4, 0.5) is 5.69 Å². The van der Waals surface area contributed by atoms with Gasteiger partial charge in [-0.05, 0) is 43.4 Å². The summed E-state index contributed by atoms with van der Waals surface area (Å²) in [6, 6.07) is 3.40. The third-order valence-corrected chi connectivity index (χ3v) is 4.35. The molecule has 0 atom stereocenters. The number of hydrogen-bond acceptors (Lipinski definition) is 4. The fraction of sp³-hybridized carbons (Fsp3) is 0.500. The molecule has 0 aromatic heterocycles. The van der Waals surface area contributed by atoms with Crippen molar-refractivity contribution in [3.63, 3.8) is 0 Å². The zero-order chi connectivity index (χ0) is 14.1. The number of hydrogen-bond donors (Lipinski definition) is 1. The van der Waals surface area contributed by atoms with Crippen molar-refractivity contribution in [2.24, 2.45) is 5.92 Å². The molecule has 0 unspecified atom stereocenters. The highest BCUT2D eigenvalue weighted by atomic mass is 16.5. The molecule has 0 amide bonds. The van der Waals surface area contributed by atoms with Crippen LogP contribution in [0.15, 0.2) is 12.1 Å². The number of fused-ring (bicyclic) bond motifs is 1. The van der Waals surface area contributed by atoms with Crippen molar-refractivity contribution in [1.82, 2.24) is 0 Å². The molecule has 4 nitrogen and oxygen atoms in total. The van der Waals surface area contributed by atoms with Crippen LogP contribution in [0.3, 0.4) is 0 Å². The van der Waals surface area contributed by atoms with Crippen LogP contribution in [0.25, 0.3) is 0 Å². The van der Waals surface area contributed by atoms with Gasteiger partial charge in [0.15, 0.2) is 11.5 Å². The molecule has 0 spiro atoms. The Kier molecular flexibility index (Phi) is 3.47. The number of nitrogen functional groups attached to an aromatic ring is 1. The molecule has 0 bridgehead atoms. The maximum atomic E-state index is 12.1. The summed E-state index contributed by atoms with van der Waals surface area (Å²) in [5.41, 5.74) is 8.08. The first kappa shape index (κ1) is 13.2. The van der Waals surface area contributed by atoms with Crippen molar-refractivity contribution in [3.05, 3.63) is 23.3 Å². The third kappa shape index (κ3) is 2.30. The van der Waals surface area contributed by atoms with E-state index in [0.29, 0.717) is 23.4 Å². The molecule has 4 heteroatoms. The molecule has 20 heavy (non-hydrogen) atoms. The second-order valence-electron chi connectivity index (χ2n) is 5.68. The number of anilines is 1. The summed E-state index contributed by atoms with van der Waals surface area (Å²) in [5.74, 6) is 0.366. The number of carbonyl (C=O) groups excluding carboxylic acids is 2. The zero-order valence-electron chi connectivity index (χ0n) is 11.5. The van der Waals surface area contributed by atoms with E-state index in [1.165, 1.54) is 0 Å². The first-order valence-corrected chi connectivity index (χ1v) is 7.33. The molecular weight excluding hydrogens is 254 g/mol. The van der Waals surface area contributed by atoms with E-state index in [1.54, 1.807) is 12.1 Å². The van der Waals surface area contributed by atoms with Crippen molar-refractivity contribution in [2.45, 2.75) is 44.9 Å². The Labute approximate surface area is 118 Å². The first-order valence-electron chi connectivity index (χ1n) is 7.33. The Balaban J connectivity index is 1.83. The summed E-state index contributed by atoms with van der Waals surface area (Å²) in [6.45, 7) is 0. The predicted molar refractivity (Wildman–Crippen MR) is 75.7 cm³/mol. The number of ether oxygens (including phenoxy) is 1. The number of nitrogens with two attached hydrogens (primary N) is 1. The molecule has 0 heterocycles. The molecule has 0 radical (unpaired) electrons. The summed E-state index contributed by atoms with van der Waals surface area (Å²) in [5, 5.41) is 0. The minimum Gasteiger partial charge on any atom is -0.424 e. The number of benzene rings is 1. The average molecular weight is 273 g/mol. The Morgan fingerprint density at radius 3 is 2.65 bits per heavy atom. The molecule has 1 aromatic rings.